The molecule has 0 heterocycles. The van der Waals surface area contributed by atoms with E-state index in [1.54, 1.807) is 22.3 Å². The molecular weight excluding hydrogens is 635 g/mol. The summed E-state index contributed by atoms with van der Waals surface area (Å²) in [6.07, 6.45) is 5.14. The van der Waals surface area contributed by atoms with Crippen LogP contribution in [0.15, 0.2) is 47.5 Å². The van der Waals surface area contributed by atoms with E-state index < -0.39 is 14.2 Å². The van der Waals surface area contributed by atoms with E-state index in [0.29, 0.717) is 7.35 Å². The van der Waals surface area contributed by atoms with Crippen molar-refractivity contribution in [3.63, 3.8) is 0 Å². The maximum atomic E-state index is 2.70. The summed E-state index contributed by atoms with van der Waals surface area (Å²) in [5, 5.41) is 1.04. The van der Waals surface area contributed by atoms with Gasteiger partial charge in [0.2, 0.25) is 0 Å². The Labute approximate surface area is 189 Å². The van der Waals surface area contributed by atoms with Crippen molar-refractivity contribution in [3.8, 4) is 0 Å². The fourth-order valence-corrected chi connectivity index (χ4v) is 138. The molecule has 0 amide bonds. The van der Waals surface area contributed by atoms with Gasteiger partial charge in [-0.2, -0.15) is 0 Å². The summed E-state index contributed by atoms with van der Waals surface area (Å²) >= 11 is 0. The fraction of sp³-hybridized carbons (Fsp3) is 0.333. The van der Waals surface area contributed by atoms with Crippen molar-refractivity contribution in [1.82, 2.24) is 0 Å². The van der Waals surface area contributed by atoms with Crippen molar-refractivity contribution in [2.24, 2.45) is 0 Å². The molecule has 31 heavy (non-hydrogen) atoms. The van der Waals surface area contributed by atoms with E-state index in [0.717, 1.165) is 5.31 Å². The standard InChI is InChI=1S/2C11H11.C2H6Si.Hf.H2Si2.3H2Si/c2*1-8-6-10-5-3-4-9(2)11(10)7-8;1-3-2;;1-2;;;/h2*3-7H,1-2H3;1-2H3;;1H2;3*1H2. The molecule has 4 rings (SSSR count). The zero-order valence-electron chi connectivity index (χ0n) is 20.1. The predicted octanol–water partition coefficient (Wildman–Crippen LogP) is 2.74. The molecule has 7 heteroatoms. The second-order valence-corrected chi connectivity index (χ2v) is 226. The van der Waals surface area contributed by atoms with Gasteiger partial charge < -0.3 is 0 Å². The molecule has 2 unspecified atom stereocenters. The van der Waals surface area contributed by atoms with Crippen molar-refractivity contribution in [3.05, 3.63) is 80.9 Å². The van der Waals surface area contributed by atoms with E-state index >= 15 is 0 Å². The monoisotopic (exact) mass is 672 g/mol. The van der Waals surface area contributed by atoms with Gasteiger partial charge in [-0.05, 0) is 0 Å². The average Bonchev–Trinajstić information content (AvgIpc) is 3.22. The molecule has 0 spiro atoms. The van der Waals surface area contributed by atoms with Crippen LogP contribution in [-0.2, 0) is 8.69 Å². The maximum absolute atomic E-state index is 4.64. The van der Waals surface area contributed by atoms with Gasteiger partial charge >= 0.3 is 191 Å². The Hall–Kier alpha value is 0.0914. The summed E-state index contributed by atoms with van der Waals surface area (Å²) in [6, 6.07) is 14.2. The molecule has 2 aromatic rings. The first kappa shape index (κ1) is 24.2. The van der Waals surface area contributed by atoms with Crippen LogP contribution in [0.4, 0.5) is 0 Å². The number of hydrogen-bond donors (Lipinski definition) is 0. The molecule has 0 aromatic heterocycles. The van der Waals surface area contributed by atoms with Gasteiger partial charge in [0.25, 0.3) is 0 Å². The Kier molecular flexibility index (Phi) is 5.00. The summed E-state index contributed by atoms with van der Waals surface area (Å²) in [5.74, 6) is 0. The third-order valence-electron chi connectivity index (χ3n) is 9.68. The minimum atomic E-state index is -4.64. The Bertz CT molecular complexity index is 1820. The molecule has 0 radical (unpaired) electrons. The van der Waals surface area contributed by atoms with Gasteiger partial charge in [0.1, 0.15) is 0 Å². The Morgan fingerprint density at radius 3 is 1.45 bits per heavy atom. The number of benzene rings is 2. The number of aryl methyl sites for hydroxylation is 2. The molecular formula is C24H36HfSi6. The topological polar surface area (TPSA) is 0 Å². The third kappa shape index (κ3) is 2.68. The van der Waals surface area contributed by atoms with Gasteiger partial charge in [-0.1, -0.05) is 0 Å². The van der Waals surface area contributed by atoms with Gasteiger partial charge in [-0.15, -0.1) is 0 Å². The molecule has 2 aliphatic carbocycles. The van der Waals surface area contributed by atoms with Crippen LogP contribution < -0.4 is 0 Å². The first-order valence-electron chi connectivity index (χ1n) is 11.3. The molecule has 2 atom stereocenters. The zero-order valence-corrected chi connectivity index (χ0v) is 31.4. The summed E-state index contributed by atoms with van der Waals surface area (Å²) in [5.41, 5.74) is 11.9. The van der Waals surface area contributed by atoms with E-state index in [4.69, 9.17) is 0 Å². The minimum absolute atomic E-state index is 0.619. The van der Waals surface area contributed by atoms with Crippen LogP contribution in [0.1, 0.15) is 54.6 Å². The molecule has 0 fully saturated rings. The van der Waals surface area contributed by atoms with E-state index in [1.165, 1.54) is 22.3 Å². The van der Waals surface area contributed by atoms with Gasteiger partial charge in [-0.25, -0.2) is 0 Å². The molecule has 0 saturated carbocycles. The first-order chi connectivity index (χ1) is 14.2. The van der Waals surface area contributed by atoms with Crippen LogP contribution in [0.3, 0.4) is 0 Å². The number of allylic oxidation sites excluding steroid dienone is 2. The van der Waals surface area contributed by atoms with Crippen molar-refractivity contribution in [2.45, 2.75) is 48.1 Å². The average molecular weight is 672 g/mol. The van der Waals surface area contributed by atoms with Crippen LogP contribution in [-0.4, -0.2) is 41.0 Å². The molecule has 2 aliphatic rings. The fourth-order valence-electron chi connectivity index (χ4n) is 7.38. The Morgan fingerprint density at radius 1 is 0.742 bits per heavy atom. The SMILES string of the molecule is CC1=Cc2c(C)cccc2[CH]1[Hf](=[SiH2])(=[SiH2])(=[SiH2])(=[Si]=[SiH2])([CH]1C(C)=Cc2c(C)cccc21)=[Si](C)C. The molecule has 0 aliphatic heterocycles. The number of fused-ring (bicyclic) bond motifs is 2. The molecule has 2 aromatic carbocycles. The summed E-state index contributed by atoms with van der Waals surface area (Å²) in [7, 11) is -2.30. The quantitative estimate of drug-likeness (QED) is 0.432. The Balaban J connectivity index is 2.39. The van der Waals surface area contributed by atoms with Crippen LogP contribution in [0.2, 0.25) is 13.1 Å². The first-order valence-corrected chi connectivity index (χ1v) is 57.0. The van der Waals surface area contributed by atoms with Crippen LogP contribution in [0, 0.1) is 13.8 Å². The second kappa shape index (κ2) is 6.40. The summed E-state index contributed by atoms with van der Waals surface area (Å²) in [6.45, 7) is 22.8. The molecule has 160 valence electrons. The molecule has 0 bridgehead atoms. The van der Waals surface area contributed by atoms with Gasteiger partial charge in [-0.3, -0.25) is 0 Å². The molecule has 0 N–H and O–H groups in total. The van der Waals surface area contributed by atoms with Crippen LogP contribution in [0.25, 0.3) is 12.2 Å². The van der Waals surface area contributed by atoms with Gasteiger partial charge in [0, 0.05) is 0 Å². The van der Waals surface area contributed by atoms with Crippen LogP contribution >= 0.6 is 0 Å². The van der Waals surface area contributed by atoms with Gasteiger partial charge in [0.05, 0.1) is 0 Å². The molecule has 0 nitrogen and oxygen atoms in total. The van der Waals surface area contributed by atoms with Crippen molar-refractivity contribution >= 4 is 53.1 Å². The van der Waals surface area contributed by atoms with Crippen molar-refractivity contribution < 1.29 is 8.69 Å². The predicted molar refractivity (Wildman–Crippen MR) is 153 cm³/mol. The van der Waals surface area contributed by atoms with Crippen LogP contribution in [0.5, 0.6) is 0 Å². The third-order valence-corrected chi connectivity index (χ3v) is 286. The van der Waals surface area contributed by atoms with E-state index in [-0.39, 0.29) is 0 Å². The van der Waals surface area contributed by atoms with Crippen molar-refractivity contribution in [1.29, 1.82) is 0 Å². The molecule has 0 saturated heterocycles. The van der Waals surface area contributed by atoms with E-state index in [9.17, 15) is 0 Å². The Morgan fingerprint density at radius 2 is 1.13 bits per heavy atom. The second-order valence-electron chi connectivity index (χ2n) is 11.9. The number of hydrogen-bond acceptors (Lipinski definition) is 0. The normalized spacial score (nSPS) is 20.1. The van der Waals surface area contributed by atoms with Crippen molar-refractivity contribution in [2.75, 3.05) is 0 Å². The summed E-state index contributed by atoms with van der Waals surface area (Å²) < 4.78 is 1.24. The van der Waals surface area contributed by atoms with E-state index in [1.807, 2.05) is 0 Å². The number of rotatable bonds is 2. The summed E-state index contributed by atoms with van der Waals surface area (Å²) in [4.78, 5) is 0. The van der Waals surface area contributed by atoms with Gasteiger partial charge in [0.15, 0.2) is 0 Å². The van der Waals surface area contributed by atoms with E-state index in [2.05, 4.69) is 119 Å². The zero-order chi connectivity index (χ0) is 23.1.